The summed E-state index contributed by atoms with van der Waals surface area (Å²) >= 11 is 6.60. The van der Waals surface area contributed by atoms with Crippen molar-refractivity contribution in [1.82, 2.24) is 29.3 Å². The summed E-state index contributed by atoms with van der Waals surface area (Å²) in [5.41, 5.74) is -1.66. The molecule has 0 unspecified atom stereocenters. The Kier molecular flexibility index (Phi) is 15.6. The average molecular weight is 958 g/mol. The van der Waals surface area contributed by atoms with E-state index < -0.39 is 56.7 Å². The van der Waals surface area contributed by atoms with Gasteiger partial charge in [0.15, 0.2) is 19.9 Å². The van der Waals surface area contributed by atoms with Crippen LogP contribution in [0.5, 0.6) is 5.75 Å². The van der Waals surface area contributed by atoms with Crippen LogP contribution in [0.1, 0.15) is 79.1 Å². The summed E-state index contributed by atoms with van der Waals surface area (Å²) in [7, 11) is -2.03. The van der Waals surface area contributed by atoms with E-state index in [1.807, 2.05) is 34.6 Å². The van der Waals surface area contributed by atoms with Crippen molar-refractivity contribution in [2.75, 3.05) is 49.6 Å². The van der Waals surface area contributed by atoms with Gasteiger partial charge in [0.25, 0.3) is 11.5 Å². The summed E-state index contributed by atoms with van der Waals surface area (Å²) < 4.78 is 47.9. The Balaban J connectivity index is 1.43. The number of aryl methyl sites for hydroxylation is 1. The Hall–Kier alpha value is -4.17. The lowest BCUT2D eigenvalue weighted by atomic mass is 9.81. The van der Waals surface area contributed by atoms with Crippen molar-refractivity contribution in [1.29, 1.82) is 0 Å². The maximum absolute atomic E-state index is 16.5. The quantitative estimate of drug-likeness (QED) is 0.105. The fourth-order valence-electron chi connectivity index (χ4n) is 8.16. The Morgan fingerprint density at radius 3 is 2.25 bits per heavy atom. The number of hydrogen-bond donors (Lipinski definition) is 2. The van der Waals surface area contributed by atoms with Crippen LogP contribution in [-0.4, -0.2) is 103 Å². The van der Waals surface area contributed by atoms with Crippen molar-refractivity contribution < 1.29 is 27.5 Å². The molecule has 0 aliphatic carbocycles. The van der Waals surface area contributed by atoms with Crippen molar-refractivity contribution in [3.8, 4) is 16.9 Å². The molecule has 1 fully saturated rings. The van der Waals surface area contributed by atoms with Gasteiger partial charge in [0.2, 0.25) is 11.7 Å². The molecule has 2 N–H and O–H groups in total. The van der Waals surface area contributed by atoms with Gasteiger partial charge in [0.05, 0.1) is 40.8 Å². The van der Waals surface area contributed by atoms with Gasteiger partial charge in [0, 0.05) is 82.9 Å². The number of halogens is 3. The molecule has 3 aromatic heterocycles. The monoisotopic (exact) mass is 956 g/mol. The summed E-state index contributed by atoms with van der Waals surface area (Å²) in [5.74, 6) is -3.69. The van der Waals surface area contributed by atoms with Gasteiger partial charge >= 0.3 is 0 Å². The molecule has 4 aromatic rings. The molecule has 2 amide bonds. The Bertz CT molecular complexity index is 2460. The van der Waals surface area contributed by atoms with Gasteiger partial charge in [0.1, 0.15) is 18.0 Å². The van der Waals surface area contributed by atoms with Gasteiger partial charge in [-0.05, 0) is 62.8 Å². The number of pyridine rings is 1. The maximum Gasteiger partial charge on any atom is 0.263 e. The van der Waals surface area contributed by atoms with E-state index in [0.29, 0.717) is 37.1 Å². The Labute approximate surface area is 390 Å². The zero-order valence-electron chi connectivity index (χ0n) is 41.2. The number of benzene rings is 1. The number of fused-ring (bicyclic) bond motifs is 1. The average Bonchev–Trinajstić information content (AvgIpc) is 3.51. The van der Waals surface area contributed by atoms with Crippen LogP contribution in [0.25, 0.3) is 22.2 Å². The molecule has 18 heteroatoms. The third-order valence-electron chi connectivity index (χ3n) is 12.3. The Morgan fingerprint density at radius 2 is 1.63 bits per heavy atom. The molecule has 4 heterocycles. The molecular formula is C47H71ClF2N8O5Si2. The SMILES string of the molecule is C[C@H]1CN(CCO[Si](C)(C)C(C)(C)C)CCN1c1cc(NC(=O)Cn2cc(-c3cc(C(=O)NC(C)(C)CC(C)(C)C)c(OCC[Si](C)(C)C)c(F)c3F)c3c(=O)n(C)cnc32)c(Cl)cn1. The molecule has 358 valence electrons. The number of piperazine rings is 1. The van der Waals surface area contributed by atoms with Gasteiger partial charge in [-0.15, -0.1) is 0 Å². The lowest BCUT2D eigenvalue weighted by Crippen LogP contribution is -2.53. The van der Waals surface area contributed by atoms with Crippen molar-refractivity contribution in [3.05, 3.63) is 63.4 Å². The van der Waals surface area contributed by atoms with Gasteiger partial charge < -0.3 is 33.8 Å². The topological polar surface area (TPSA) is 136 Å². The van der Waals surface area contributed by atoms with Crippen LogP contribution in [-0.2, 0) is 22.8 Å². The van der Waals surface area contributed by atoms with Crippen LogP contribution in [0.4, 0.5) is 20.3 Å². The summed E-state index contributed by atoms with van der Waals surface area (Å²) in [6.07, 6.45) is 4.76. The van der Waals surface area contributed by atoms with Crippen LogP contribution in [0.3, 0.4) is 0 Å². The van der Waals surface area contributed by atoms with Crippen LogP contribution in [0, 0.1) is 17.0 Å². The predicted molar refractivity (Wildman–Crippen MR) is 264 cm³/mol. The van der Waals surface area contributed by atoms with Gasteiger partial charge in [-0.25, -0.2) is 14.4 Å². The maximum atomic E-state index is 16.5. The third-order valence-corrected chi connectivity index (χ3v) is 18.8. The number of aromatic nitrogens is 4. The van der Waals surface area contributed by atoms with E-state index in [2.05, 4.69) is 90.8 Å². The molecule has 1 aromatic carbocycles. The molecule has 5 rings (SSSR count). The smallest absolute Gasteiger partial charge is 0.263 e. The number of nitrogens with zero attached hydrogens (tertiary/aromatic N) is 6. The molecule has 1 atom stereocenters. The fraction of sp³-hybridized carbons (Fsp3) is 0.596. The lowest BCUT2D eigenvalue weighted by Gasteiger charge is -2.41. The molecule has 0 radical (unpaired) electrons. The number of carbonyl (C=O) groups excluding carboxylic acids is 2. The van der Waals surface area contributed by atoms with Gasteiger partial charge in [-0.3, -0.25) is 19.3 Å². The summed E-state index contributed by atoms with van der Waals surface area (Å²) in [5, 5.41) is 6.20. The molecule has 65 heavy (non-hydrogen) atoms. The molecule has 1 saturated heterocycles. The highest BCUT2D eigenvalue weighted by atomic mass is 35.5. The third kappa shape index (κ3) is 12.8. The predicted octanol–water partition coefficient (Wildman–Crippen LogP) is 9.56. The van der Waals surface area contributed by atoms with Gasteiger partial charge in [-0.1, -0.05) is 72.8 Å². The number of amides is 2. The standard InChI is InChI=1S/C47H71ClF2N8O5Si2/c1-30-25-56(18-19-63-65(14,15)46(5,6)7)16-17-58(30)36-23-35(34(48)24-51-36)53-37(59)27-57-26-33(38-42(57)52-29-55(10)44(38)61)31-22-32(43(60)54-47(8,9)28-45(2,3)4)41(40(50)39(31)49)62-20-21-64(11,12)13/h22-24,26,29-30H,16-21,25,27-28H2,1-15H3,(H,54,60)(H,51,53,59)/t30-/m0/s1. The van der Waals surface area contributed by atoms with E-state index in [0.717, 1.165) is 19.6 Å². The van der Waals surface area contributed by atoms with Crippen LogP contribution in [0.15, 0.2) is 35.6 Å². The molecule has 13 nitrogen and oxygen atoms in total. The molecule has 1 aliphatic rings. The first kappa shape index (κ1) is 51.8. The molecule has 0 bridgehead atoms. The van der Waals surface area contributed by atoms with E-state index >= 15 is 8.78 Å². The number of nitrogens with one attached hydrogen (secondary N) is 2. The first-order chi connectivity index (χ1) is 29.9. The molecule has 0 saturated carbocycles. The summed E-state index contributed by atoms with van der Waals surface area (Å²) in [4.78, 5) is 55.4. The molecular weight excluding hydrogens is 886 g/mol. The highest BCUT2D eigenvalue weighted by Crippen LogP contribution is 2.39. The Morgan fingerprint density at radius 1 is 0.954 bits per heavy atom. The van der Waals surface area contributed by atoms with Crippen molar-refractivity contribution in [2.45, 2.75) is 131 Å². The first-order valence-corrected chi connectivity index (χ1v) is 29.5. The second-order valence-electron chi connectivity index (χ2n) is 22.2. The molecule has 0 spiro atoms. The minimum absolute atomic E-state index is 0.0431. The minimum Gasteiger partial charge on any atom is -0.490 e. The van der Waals surface area contributed by atoms with Gasteiger partial charge in [-0.2, -0.15) is 4.39 Å². The van der Waals surface area contributed by atoms with E-state index in [9.17, 15) is 14.4 Å². The highest BCUT2D eigenvalue weighted by molar-refractivity contribution is 6.76. The van der Waals surface area contributed by atoms with E-state index in [-0.39, 0.29) is 62.4 Å². The lowest BCUT2D eigenvalue weighted by molar-refractivity contribution is -0.116. The summed E-state index contributed by atoms with van der Waals surface area (Å²) in [6.45, 7) is 33.2. The van der Waals surface area contributed by atoms with Crippen LogP contribution < -0.4 is 25.8 Å². The zero-order valence-corrected chi connectivity index (χ0v) is 43.9. The normalized spacial score (nSPS) is 15.7. The largest absolute Gasteiger partial charge is 0.490 e. The second-order valence-corrected chi connectivity index (χ2v) is 33.1. The van der Waals surface area contributed by atoms with Crippen molar-refractivity contribution in [2.24, 2.45) is 12.5 Å². The van der Waals surface area contributed by atoms with E-state index in [4.69, 9.17) is 20.8 Å². The van der Waals surface area contributed by atoms with E-state index in [1.54, 1.807) is 6.07 Å². The highest BCUT2D eigenvalue weighted by Gasteiger charge is 2.38. The zero-order chi connectivity index (χ0) is 48.6. The second kappa shape index (κ2) is 19.6. The number of anilines is 2. The number of rotatable bonds is 16. The van der Waals surface area contributed by atoms with Crippen LogP contribution in [0.2, 0.25) is 48.8 Å². The van der Waals surface area contributed by atoms with Crippen LogP contribution >= 0.6 is 11.6 Å². The van der Waals surface area contributed by atoms with Crippen molar-refractivity contribution in [3.63, 3.8) is 0 Å². The summed E-state index contributed by atoms with van der Waals surface area (Å²) in [6, 6.07) is 3.71. The molecule has 1 aliphatic heterocycles. The van der Waals surface area contributed by atoms with E-state index in [1.165, 1.54) is 41.0 Å². The first-order valence-electron chi connectivity index (χ1n) is 22.5. The number of ether oxygens (including phenoxy) is 1. The number of carbonyl (C=O) groups is 2. The minimum atomic E-state index is -1.85. The fourth-order valence-corrected chi connectivity index (χ4v) is 10.1. The van der Waals surface area contributed by atoms with Crippen molar-refractivity contribution >= 4 is 62.3 Å². The number of hydrogen-bond acceptors (Lipinski definition) is 9.